The molecule has 1 aromatic rings. The Balaban J connectivity index is 1.23. The number of hydrogen-bond acceptors (Lipinski definition) is 4. The molecule has 1 atom stereocenters. The topological polar surface area (TPSA) is 38.8 Å². The molecule has 4 rings (SSSR count). The minimum atomic E-state index is 0.211. The van der Waals surface area contributed by atoms with Gasteiger partial charge in [0.25, 0.3) is 5.91 Å². The molecule has 1 aromatic carbocycles. The lowest BCUT2D eigenvalue weighted by Gasteiger charge is -2.28. The van der Waals surface area contributed by atoms with E-state index in [2.05, 4.69) is 32.1 Å². The molecule has 160 valence electrons. The third-order valence-corrected chi connectivity index (χ3v) is 6.87. The third-order valence-electron chi connectivity index (χ3n) is 6.87. The Kier molecular flexibility index (Phi) is 7.44. The van der Waals surface area contributed by atoms with Crippen LogP contribution in [0.1, 0.15) is 61.7 Å². The highest BCUT2D eigenvalue weighted by molar-refractivity contribution is 5.95. The normalized spacial score (nSPS) is 23.6. The van der Waals surface area contributed by atoms with Crippen molar-refractivity contribution in [2.45, 2.75) is 57.4 Å². The summed E-state index contributed by atoms with van der Waals surface area (Å²) in [5, 5.41) is 3.52. The number of amides is 1. The van der Waals surface area contributed by atoms with Crippen molar-refractivity contribution in [2.75, 3.05) is 57.7 Å². The van der Waals surface area contributed by atoms with Gasteiger partial charge in [-0.3, -0.25) is 4.79 Å². The first-order valence-corrected chi connectivity index (χ1v) is 11.9. The van der Waals surface area contributed by atoms with Gasteiger partial charge < -0.3 is 20.0 Å². The van der Waals surface area contributed by atoms with Crippen LogP contribution in [0.25, 0.3) is 0 Å². The zero-order valence-electron chi connectivity index (χ0n) is 18.0. The molecule has 0 aliphatic carbocycles. The van der Waals surface area contributed by atoms with Crippen molar-refractivity contribution in [3.8, 4) is 0 Å². The van der Waals surface area contributed by atoms with E-state index < -0.39 is 0 Å². The van der Waals surface area contributed by atoms with Gasteiger partial charge in [-0.05, 0) is 102 Å². The molecule has 0 saturated carbocycles. The van der Waals surface area contributed by atoms with E-state index in [1.807, 2.05) is 12.1 Å². The van der Waals surface area contributed by atoms with Crippen LogP contribution in [0.15, 0.2) is 24.3 Å². The number of likely N-dealkylation sites (tertiary alicyclic amines) is 3. The summed E-state index contributed by atoms with van der Waals surface area (Å²) in [4.78, 5) is 20.3. The molecule has 0 radical (unpaired) electrons. The van der Waals surface area contributed by atoms with E-state index in [4.69, 9.17) is 0 Å². The minimum absolute atomic E-state index is 0.211. The molecule has 0 bridgehead atoms. The van der Waals surface area contributed by atoms with Crippen molar-refractivity contribution in [2.24, 2.45) is 0 Å². The van der Waals surface area contributed by atoms with Crippen molar-refractivity contribution in [1.82, 2.24) is 14.7 Å². The van der Waals surface area contributed by atoms with Crippen LogP contribution in [-0.2, 0) is 0 Å². The van der Waals surface area contributed by atoms with Gasteiger partial charge in [-0.1, -0.05) is 6.42 Å². The van der Waals surface area contributed by atoms with E-state index in [-0.39, 0.29) is 5.91 Å². The number of hydrogen-bond donors (Lipinski definition) is 1. The number of benzene rings is 1. The predicted octanol–water partition coefficient (Wildman–Crippen LogP) is 3.67. The number of carbonyl (C=O) groups is 1. The van der Waals surface area contributed by atoms with Crippen LogP contribution < -0.4 is 5.32 Å². The van der Waals surface area contributed by atoms with Crippen LogP contribution in [0.4, 0.5) is 5.69 Å². The van der Waals surface area contributed by atoms with Gasteiger partial charge >= 0.3 is 0 Å². The summed E-state index contributed by atoms with van der Waals surface area (Å²) in [5.74, 6) is 0.211. The molecule has 1 N–H and O–H groups in total. The van der Waals surface area contributed by atoms with Gasteiger partial charge in [-0.15, -0.1) is 0 Å². The summed E-state index contributed by atoms with van der Waals surface area (Å²) >= 11 is 0. The maximum Gasteiger partial charge on any atom is 0.254 e. The van der Waals surface area contributed by atoms with Crippen LogP contribution in [-0.4, -0.2) is 79.0 Å². The maximum atomic E-state index is 13.1. The Bertz CT molecular complexity index is 635. The van der Waals surface area contributed by atoms with Crippen molar-refractivity contribution in [1.29, 1.82) is 0 Å². The summed E-state index contributed by atoms with van der Waals surface area (Å²) in [5.41, 5.74) is 1.95. The molecule has 1 amide bonds. The van der Waals surface area contributed by atoms with E-state index >= 15 is 0 Å². The average Bonchev–Trinajstić information content (AvgIpc) is 3.44. The van der Waals surface area contributed by atoms with Gasteiger partial charge in [0.05, 0.1) is 0 Å². The first kappa shape index (κ1) is 20.7. The Morgan fingerprint density at radius 3 is 2.31 bits per heavy atom. The van der Waals surface area contributed by atoms with Crippen LogP contribution in [0.2, 0.25) is 0 Å². The second kappa shape index (κ2) is 10.4. The van der Waals surface area contributed by atoms with E-state index in [1.54, 1.807) is 0 Å². The zero-order valence-corrected chi connectivity index (χ0v) is 18.0. The fourth-order valence-corrected chi connectivity index (χ4v) is 5.17. The second-order valence-corrected chi connectivity index (χ2v) is 9.06. The second-order valence-electron chi connectivity index (χ2n) is 9.06. The average molecular weight is 399 g/mol. The van der Waals surface area contributed by atoms with Gasteiger partial charge in [-0.25, -0.2) is 0 Å². The quantitative estimate of drug-likeness (QED) is 0.678. The zero-order chi connectivity index (χ0) is 19.9. The Morgan fingerprint density at radius 1 is 0.862 bits per heavy atom. The number of anilines is 1. The van der Waals surface area contributed by atoms with Crippen LogP contribution in [0.3, 0.4) is 0 Å². The van der Waals surface area contributed by atoms with E-state index in [0.717, 1.165) is 43.7 Å². The van der Waals surface area contributed by atoms with Crippen LogP contribution in [0, 0.1) is 0 Å². The molecule has 0 unspecified atom stereocenters. The summed E-state index contributed by atoms with van der Waals surface area (Å²) in [6, 6.07) is 8.54. The molecular formula is C24H38N4O. The molecule has 0 spiro atoms. The lowest BCUT2D eigenvalue weighted by atomic mass is 10.1. The molecule has 5 nitrogen and oxygen atoms in total. The van der Waals surface area contributed by atoms with Crippen molar-refractivity contribution < 1.29 is 4.79 Å². The number of rotatable bonds is 8. The molecule has 5 heteroatoms. The molecule has 0 aromatic heterocycles. The molecule has 3 fully saturated rings. The van der Waals surface area contributed by atoms with Gasteiger partial charge in [0.15, 0.2) is 0 Å². The van der Waals surface area contributed by atoms with Crippen LogP contribution >= 0.6 is 0 Å². The van der Waals surface area contributed by atoms with E-state index in [0.29, 0.717) is 6.04 Å². The van der Waals surface area contributed by atoms with Crippen molar-refractivity contribution >= 4 is 11.6 Å². The lowest BCUT2D eigenvalue weighted by molar-refractivity contribution is 0.0709. The van der Waals surface area contributed by atoms with Gasteiger partial charge in [0.1, 0.15) is 0 Å². The minimum Gasteiger partial charge on any atom is -0.385 e. The fourth-order valence-electron chi connectivity index (χ4n) is 5.17. The molecular weight excluding hydrogens is 360 g/mol. The predicted molar refractivity (Wildman–Crippen MR) is 120 cm³/mol. The Morgan fingerprint density at radius 2 is 1.55 bits per heavy atom. The highest BCUT2D eigenvalue weighted by Crippen LogP contribution is 2.23. The number of nitrogens with zero attached hydrogens (tertiary/aromatic N) is 3. The van der Waals surface area contributed by atoms with Crippen molar-refractivity contribution in [3.05, 3.63) is 29.8 Å². The Hall–Kier alpha value is -1.59. The Labute approximate surface area is 176 Å². The summed E-state index contributed by atoms with van der Waals surface area (Å²) in [6.07, 6.45) is 10.2. The summed E-state index contributed by atoms with van der Waals surface area (Å²) in [7, 11) is 0. The summed E-state index contributed by atoms with van der Waals surface area (Å²) in [6.45, 7) is 9.10. The molecule has 3 aliphatic heterocycles. The van der Waals surface area contributed by atoms with Crippen LogP contribution in [0.5, 0.6) is 0 Å². The van der Waals surface area contributed by atoms with Gasteiger partial charge in [0, 0.05) is 36.9 Å². The fraction of sp³-hybridized carbons (Fsp3) is 0.708. The molecule has 3 heterocycles. The van der Waals surface area contributed by atoms with E-state index in [1.165, 1.54) is 71.2 Å². The molecule has 3 saturated heterocycles. The number of carbonyl (C=O) groups excluding carboxylic acids is 1. The molecule has 3 aliphatic rings. The van der Waals surface area contributed by atoms with Crippen molar-refractivity contribution in [3.63, 3.8) is 0 Å². The van der Waals surface area contributed by atoms with Gasteiger partial charge in [0.2, 0.25) is 0 Å². The van der Waals surface area contributed by atoms with E-state index in [9.17, 15) is 4.79 Å². The third kappa shape index (κ3) is 5.73. The van der Waals surface area contributed by atoms with Gasteiger partial charge in [-0.2, -0.15) is 0 Å². The lowest BCUT2D eigenvalue weighted by Crippen LogP contribution is -2.42. The first-order chi connectivity index (χ1) is 14.3. The molecule has 29 heavy (non-hydrogen) atoms. The smallest absolute Gasteiger partial charge is 0.254 e. The SMILES string of the molecule is O=C(c1ccc(NCCCN2CCCCC2)cc1)N1CCC[C@H]1CN1CCCC1. The standard InChI is InChI=1S/C24H38N4O/c29-24(28-19-6-8-23(28)20-27-16-4-5-17-27)21-9-11-22(12-10-21)25-13-7-18-26-14-2-1-3-15-26/h9-12,23,25H,1-8,13-20H2/t23-/m0/s1. The highest BCUT2D eigenvalue weighted by Gasteiger charge is 2.31. The maximum absolute atomic E-state index is 13.1. The number of piperidine rings is 1. The largest absolute Gasteiger partial charge is 0.385 e. The number of nitrogens with one attached hydrogen (secondary N) is 1. The monoisotopic (exact) mass is 398 g/mol. The first-order valence-electron chi connectivity index (χ1n) is 11.9. The summed E-state index contributed by atoms with van der Waals surface area (Å²) < 4.78 is 0. The highest BCUT2D eigenvalue weighted by atomic mass is 16.2.